The predicted molar refractivity (Wildman–Crippen MR) is 79.6 cm³/mol. The average Bonchev–Trinajstić information content (AvgIpc) is 2.48. The summed E-state index contributed by atoms with van der Waals surface area (Å²) in [6.07, 6.45) is 1.44. The minimum absolute atomic E-state index is 0.0178. The van der Waals surface area contributed by atoms with Crippen LogP contribution in [0, 0.1) is 16.7 Å². The maximum absolute atomic E-state index is 12.5. The Balaban J connectivity index is 2.15. The molecule has 5 heteroatoms. The van der Waals surface area contributed by atoms with Gasteiger partial charge in [0, 0.05) is 17.6 Å². The summed E-state index contributed by atoms with van der Waals surface area (Å²) in [7, 11) is 1.58. The maximum Gasteiger partial charge on any atom is 0.255 e. The average molecular weight is 337 g/mol. The van der Waals surface area contributed by atoms with Crippen molar-refractivity contribution >= 4 is 21.8 Å². The summed E-state index contributed by atoms with van der Waals surface area (Å²) < 4.78 is 5.92. The van der Waals surface area contributed by atoms with E-state index in [2.05, 4.69) is 22.0 Å². The third-order valence-electron chi connectivity index (χ3n) is 3.83. The highest BCUT2D eigenvalue weighted by Crippen LogP contribution is 2.31. The van der Waals surface area contributed by atoms with Crippen molar-refractivity contribution in [2.24, 2.45) is 5.41 Å². The van der Waals surface area contributed by atoms with Gasteiger partial charge in [-0.25, -0.2) is 0 Å². The minimum Gasteiger partial charge on any atom is -0.497 e. The molecule has 0 radical (unpaired) electrons. The number of halogens is 1. The highest BCUT2D eigenvalue weighted by atomic mass is 79.9. The van der Waals surface area contributed by atoms with Gasteiger partial charge < -0.3 is 9.64 Å². The molecular weight excluding hydrogens is 320 g/mol. The van der Waals surface area contributed by atoms with E-state index in [4.69, 9.17) is 10.00 Å². The largest absolute Gasteiger partial charge is 0.497 e. The predicted octanol–water partition coefficient (Wildman–Crippen LogP) is 3.22. The van der Waals surface area contributed by atoms with Gasteiger partial charge in [0.15, 0.2) is 0 Å². The lowest BCUT2D eigenvalue weighted by Gasteiger charge is -2.35. The van der Waals surface area contributed by atoms with Gasteiger partial charge in [-0.2, -0.15) is 5.26 Å². The Morgan fingerprint density at radius 1 is 1.45 bits per heavy atom. The Kier molecular flexibility index (Phi) is 4.34. The normalized spacial score (nSPS) is 17.4. The molecular formula is C15H17BrN2O2. The fourth-order valence-electron chi connectivity index (χ4n) is 2.28. The van der Waals surface area contributed by atoms with Gasteiger partial charge in [-0.3, -0.25) is 4.79 Å². The molecule has 0 aliphatic carbocycles. The van der Waals surface area contributed by atoms with Gasteiger partial charge in [0.2, 0.25) is 0 Å². The molecule has 1 fully saturated rings. The van der Waals surface area contributed by atoms with Gasteiger partial charge >= 0.3 is 0 Å². The maximum atomic E-state index is 12.5. The highest BCUT2D eigenvalue weighted by Gasteiger charge is 2.32. The van der Waals surface area contributed by atoms with E-state index in [9.17, 15) is 4.79 Å². The smallest absolute Gasteiger partial charge is 0.255 e. The van der Waals surface area contributed by atoms with Crippen molar-refractivity contribution in [2.45, 2.75) is 19.8 Å². The van der Waals surface area contributed by atoms with Crippen molar-refractivity contribution in [1.82, 2.24) is 4.90 Å². The first kappa shape index (κ1) is 14.9. The number of piperidine rings is 1. The Labute approximate surface area is 127 Å². The number of nitrogens with zero attached hydrogens (tertiary/aromatic N) is 2. The fourth-order valence-corrected chi connectivity index (χ4v) is 2.70. The fraction of sp³-hybridized carbons (Fsp3) is 0.467. The molecule has 0 N–H and O–H groups in total. The van der Waals surface area contributed by atoms with Gasteiger partial charge in [0.05, 0.1) is 24.2 Å². The second-order valence-corrected chi connectivity index (χ2v) is 6.16. The Morgan fingerprint density at radius 2 is 2.10 bits per heavy atom. The molecule has 1 heterocycles. The van der Waals surface area contributed by atoms with Gasteiger partial charge in [-0.15, -0.1) is 0 Å². The summed E-state index contributed by atoms with van der Waals surface area (Å²) >= 11 is 3.41. The van der Waals surface area contributed by atoms with Crippen LogP contribution in [-0.4, -0.2) is 31.0 Å². The molecule has 106 valence electrons. The molecule has 0 aromatic heterocycles. The van der Waals surface area contributed by atoms with Crippen molar-refractivity contribution < 1.29 is 9.53 Å². The van der Waals surface area contributed by atoms with Crippen molar-refractivity contribution in [1.29, 1.82) is 5.26 Å². The van der Waals surface area contributed by atoms with E-state index in [1.54, 1.807) is 18.1 Å². The van der Waals surface area contributed by atoms with E-state index in [0.29, 0.717) is 24.4 Å². The summed E-state index contributed by atoms with van der Waals surface area (Å²) in [6.45, 7) is 3.19. The van der Waals surface area contributed by atoms with Crippen molar-refractivity contribution in [3.8, 4) is 11.8 Å². The molecule has 1 aliphatic rings. The third kappa shape index (κ3) is 2.96. The molecule has 0 unspecified atom stereocenters. The summed E-state index contributed by atoms with van der Waals surface area (Å²) in [5.74, 6) is 0.645. The SMILES string of the molecule is COc1ccc(Br)c(C(=O)N2CCC(C)(C#N)CC2)c1. The minimum atomic E-state index is -0.303. The Bertz CT molecular complexity index is 557. The molecule has 4 nitrogen and oxygen atoms in total. The van der Waals surface area contributed by atoms with E-state index >= 15 is 0 Å². The van der Waals surface area contributed by atoms with Crippen LogP contribution in [0.15, 0.2) is 22.7 Å². The first-order valence-electron chi connectivity index (χ1n) is 6.53. The third-order valence-corrected chi connectivity index (χ3v) is 4.52. The van der Waals surface area contributed by atoms with Crippen LogP contribution in [0.3, 0.4) is 0 Å². The number of methoxy groups -OCH3 is 1. The molecule has 1 aromatic rings. The van der Waals surface area contributed by atoms with Gasteiger partial charge in [0.25, 0.3) is 5.91 Å². The Morgan fingerprint density at radius 3 is 2.65 bits per heavy atom. The lowest BCUT2D eigenvalue weighted by atomic mass is 9.82. The number of hydrogen-bond acceptors (Lipinski definition) is 3. The first-order chi connectivity index (χ1) is 9.49. The van der Waals surface area contributed by atoms with E-state index in [1.165, 1.54) is 0 Å². The second kappa shape index (κ2) is 5.84. The van der Waals surface area contributed by atoms with Crippen LogP contribution < -0.4 is 4.74 Å². The number of ether oxygens (including phenoxy) is 1. The number of carbonyl (C=O) groups is 1. The number of nitriles is 1. The summed E-state index contributed by atoms with van der Waals surface area (Å²) in [5.41, 5.74) is 0.299. The van der Waals surface area contributed by atoms with Gasteiger partial charge in [0.1, 0.15) is 5.75 Å². The molecule has 0 atom stereocenters. The van der Waals surface area contributed by atoms with Gasteiger partial charge in [-0.05, 0) is 53.9 Å². The molecule has 1 amide bonds. The zero-order chi connectivity index (χ0) is 14.8. The van der Waals surface area contributed by atoms with E-state index in [-0.39, 0.29) is 11.3 Å². The molecule has 0 bridgehead atoms. The Hall–Kier alpha value is -1.54. The molecule has 20 heavy (non-hydrogen) atoms. The van der Waals surface area contributed by atoms with Crippen LogP contribution in [0.2, 0.25) is 0 Å². The van der Waals surface area contributed by atoms with Gasteiger partial charge in [-0.1, -0.05) is 0 Å². The summed E-state index contributed by atoms with van der Waals surface area (Å²) in [5, 5.41) is 9.13. The van der Waals surface area contributed by atoms with E-state index < -0.39 is 0 Å². The van der Waals surface area contributed by atoms with Crippen molar-refractivity contribution in [3.05, 3.63) is 28.2 Å². The number of hydrogen-bond donors (Lipinski definition) is 0. The quantitative estimate of drug-likeness (QED) is 0.833. The van der Waals surface area contributed by atoms with Crippen LogP contribution in [0.25, 0.3) is 0 Å². The monoisotopic (exact) mass is 336 g/mol. The van der Waals surface area contributed by atoms with Crippen molar-refractivity contribution in [2.75, 3.05) is 20.2 Å². The zero-order valence-electron chi connectivity index (χ0n) is 11.6. The summed E-state index contributed by atoms with van der Waals surface area (Å²) in [4.78, 5) is 14.3. The number of rotatable bonds is 2. The second-order valence-electron chi connectivity index (χ2n) is 5.31. The number of carbonyl (C=O) groups excluding carboxylic acids is 1. The van der Waals surface area contributed by atoms with Crippen LogP contribution in [0.4, 0.5) is 0 Å². The standard InChI is InChI=1S/C15H17BrN2O2/c1-15(10-17)5-7-18(8-6-15)14(19)12-9-11(20-2)3-4-13(12)16/h3-4,9H,5-8H2,1-2H3. The van der Waals surface area contributed by atoms with Crippen molar-refractivity contribution in [3.63, 3.8) is 0 Å². The molecule has 2 rings (SSSR count). The van der Waals surface area contributed by atoms with Crippen LogP contribution >= 0.6 is 15.9 Å². The number of benzene rings is 1. The van der Waals surface area contributed by atoms with Crippen LogP contribution in [0.5, 0.6) is 5.75 Å². The molecule has 1 aromatic carbocycles. The number of amides is 1. The van der Waals surface area contributed by atoms with Crippen LogP contribution in [-0.2, 0) is 0 Å². The molecule has 1 aliphatic heterocycles. The lowest BCUT2D eigenvalue weighted by Crippen LogP contribution is -2.41. The molecule has 1 saturated heterocycles. The highest BCUT2D eigenvalue weighted by molar-refractivity contribution is 9.10. The van der Waals surface area contributed by atoms with E-state index in [0.717, 1.165) is 17.3 Å². The summed E-state index contributed by atoms with van der Waals surface area (Å²) in [6, 6.07) is 7.71. The number of likely N-dealkylation sites (tertiary alicyclic amines) is 1. The van der Waals surface area contributed by atoms with Crippen LogP contribution in [0.1, 0.15) is 30.1 Å². The first-order valence-corrected chi connectivity index (χ1v) is 7.32. The topological polar surface area (TPSA) is 53.3 Å². The van der Waals surface area contributed by atoms with E-state index in [1.807, 2.05) is 19.1 Å². The molecule has 0 spiro atoms. The molecule has 0 saturated carbocycles. The zero-order valence-corrected chi connectivity index (χ0v) is 13.2. The lowest BCUT2D eigenvalue weighted by molar-refractivity contribution is 0.0660.